The summed E-state index contributed by atoms with van der Waals surface area (Å²) in [5, 5.41) is 23.2. The third-order valence-corrected chi connectivity index (χ3v) is 6.83. The Hall–Kier alpha value is -4.22. The zero-order chi connectivity index (χ0) is 29.0. The van der Waals surface area contributed by atoms with Crippen molar-refractivity contribution in [2.75, 3.05) is 30.8 Å². The molecule has 1 aliphatic heterocycles. The summed E-state index contributed by atoms with van der Waals surface area (Å²) in [7, 11) is 1.32. The number of carboxylic acid groups (broad SMARTS) is 1. The molecule has 1 saturated heterocycles. The SMILES string of the molecule is COc1cc(Cl)cc(C(=O)Nc2ccc(Cl)cn2)c1NC(=O)c1ccc(C(=N)N2CCC(C(=O)O)CC2)cc1F. The van der Waals surface area contributed by atoms with Crippen molar-refractivity contribution in [3.05, 3.63) is 81.2 Å². The minimum absolute atomic E-state index is 0.0313. The van der Waals surface area contributed by atoms with Crippen LogP contribution in [0.15, 0.2) is 48.7 Å². The molecule has 13 heteroatoms. The van der Waals surface area contributed by atoms with Gasteiger partial charge in [0.25, 0.3) is 11.8 Å². The second kappa shape index (κ2) is 12.3. The molecule has 0 saturated carbocycles. The Bertz CT molecular complexity index is 1480. The molecule has 2 heterocycles. The fraction of sp³-hybridized carbons (Fsp3) is 0.222. The summed E-state index contributed by atoms with van der Waals surface area (Å²) in [4.78, 5) is 43.1. The highest BCUT2D eigenvalue weighted by Gasteiger charge is 2.27. The molecule has 1 aliphatic rings. The number of aliphatic carboxylic acids is 1. The number of pyridine rings is 1. The van der Waals surface area contributed by atoms with Crippen molar-refractivity contribution in [1.82, 2.24) is 9.88 Å². The highest BCUT2D eigenvalue weighted by molar-refractivity contribution is 6.32. The molecule has 4 N–H and O–H groups in total. The summed E-state index contributed by atoms with van der Waals surface area (Å²) < 4.78 is 20.4. The topological polar surface area (TPSA) is 145 Å². The van der Waals surface area contributed by atoms with Gasteiger partial charge in [0.05, 0.1) is 34.9 Å². The number of anilines is 2. The number of methoxy groups -OCH3 is 1. The van der Waals surface area contributed by atoms with Crippen molar-refractivity contribution in [1.29, 1.82) is 5.41 Å². The number of hydrogen-bond acceptors (Lipinski definition) is 6. The van der Waals surface area contributed by atoms with Gasteiger partial charge in [-0.25, -0.2) is 9.37 Å². The predicted octanol–water partition coefficient (Wildman–Crippen LogP) is 5.16. The molecule has 0 spiro atoms. The van der Waals surface area contributed by atoms with Crippen molar-refractivity contribution in [3.8, 4) is 5.75 Å². The van der Waals surface area contributed by atoms with E-state index in [0.29, 0.717) is 31.0 Å². The Kier molecular flexibility index (Phi) is 8.86. The Morgan fingerprint density at radius 2 is 1.73 bits per heavy atom. The van der Waals surface area contributed by atoms with Crippen LogP contribution >= 0.6 is 23.2 Å². The second-order valence-corrected chi connectivity index (χ2v) is 9.82. The van der Waals surface area contributed by atoms with Crippen LogP contribution in [-0.2, 0) is 4.79 Å². The number of carbonyl (C=O) groups excluding carboxylic acids is 2. The molecule has 0 radical (unpaired) electrons. The maximum Gasteiger partial charge on any atom is 0.306 e. The number of likely N-dealkylation sites (tertiary alicyclic amines) is 1. The Balaban J connectivity index is 1.54. The van der Waals surface area contributed by atoms with Gasteiger partial charge < -0.3 is 25.4 Å². The van der Waals surface area contributed by atoms with Gasteiger partial charge in [0.1, 0.15) is 23.2 Å². The molecule has 0 unspecified atom stereocenters. The van der Waals surface area contributed by atoms with Gasteiger partial charge in [0.2, 0.25) is 0 Å². The van der Waals surface area contributed by atoms with E-state index in [4.69, 9.17) is 33.3 Å². The Morgan fingerprint density at radius 3 is 2.33 bits per heavy atom. The van der Waals surface area contributed by atoms with E-state index < -0.39 is 29.5 Å². The van der Waals surface area contributed by atoms with Crippen LogP contribution < -0.4 is 15.4 Å². The Labute approximate surface area is 238 Å². The van der Waals surface area contributed by atoms with Crippen LogP contribution in [0.2, 0.25) is 10.0 Å². The van der Waals surface area contributed by atoms with Gasteiger partial charge in [-0.3, -0.25) is 19.8 Å². The lowest BCUT2D eigenvalue weighted by Crippen LogP contribution is -2.40. The first-order valence-electron chi connectivity index (χ1n) is 12.1. The third-order valence-electron chi connectivity index (χ3n) is 6.39. The number of aromatic nitrogens is 1. The fourth-order valence-electron chi connectivity index (χ4n) is 4.24. The van der Waals surface area contributed by atoms with E-state index in [9.17, 15) is 19.5 Å². The molecule has 1 aromatic heterocycles. The lowest BCUT2D eigenvalue weighted by atomic mass is 9.96. The van der Waals surface area contributed by atoms with Gasteiger partial charge in [-0.05, 0) is 43.2 Å². The van der Waals surface area contributed by atoms with Gasteiger partial charge in [0.15, 0.2) is 0 Å². The fourth-order valence-corrected chi connectivity index (χ4v) is 4.56. The van der Waals surface area contributed by atoms with Crippen LogP contribution in [0, 0.1) is 17.1 Å². The molecule has 4 rings (SSSR count). The highest BCUT2D eigenvalue weighted by atomic mass is 35.5. The average Bonchev–Trinajstić information content (AvgIpc) is 2.94. The number of hydrogen-bond donors (Lipinski definition) is 4. The van der Waals surface area contributed by atoms with Crippen molar-refractivity contribution in [2.24, 2.45) is 5.92 Å². The normalized spacial score (nSPS) is 13.4. The first kappa shape index (κ1) is 28.8. The maximum absolute atomic E-state index is 15.1. The highest BCUT2D eigenvalue weighted by Crippen LogP contribution is 2.34. The minimum Gasteiger partial charge on any atom is -0.494 e. The Morgan fingerprint density at radius 1 is 1.02 bits per heavy atom. The molecule has 0 bridgehead atoms. The first-order chi connectivity index (χ1) is 19.1. The predicted molar refractivity (Wildman–Crippen MR) is 148 cm³/mol. The van der Waals surface area contributed by atoms with Crippen molar-refractivity contribution in [3.63, 3.8) is 0 Å². The van der Waals surface area contributed by atoms with E-state index >= 15 is 4.39 Å². The summed E-state index contributed by atoms with van der Waals surface area (Å²) in [5.74, 6) is -3.45. The van der Waals surface area contributed by atoms with Crippen LogP contribution in [0.1, 0.15) is 39.1 Å². The first-order valence-corrected chi connectivity index (χ1v) is 12.8. The molecule has 2 amide bonds. The van der Waals surface area contributed by atoms with E-state index in [2.05, 4.69) is 15.6 Å². The van der Waals surface area contributed by atoms with Crippen LogP contribution in [0.5, 0.6) is 5.75 Å². The number of carbonyl (C=O) groups is 3. The summed E-state index contributed by atoms with van der Waals surface area (Å²) >= 11 is 12.0. The van der Waals surface area contributed by atoms with E-state index in [1.807, 2.05) is 0 Å². The van der Waals surface area contributed by atoms with E-state index in [-0.39, 0.29) is 44.8 Å². The van der Waals surface area contributed by atoms with E-state index in [1.54, 1.807) is 4.90 Å². The van der Waals surface area contributed by atoms with E-state index in [1.165, 1.54) is 49.7 Å². The molecule has 40 heavy (non-hydrogen) atoms. The summed E-state index contributed by atoms with van der Waals surface area (Å²) in [6.45, 7) is 0.707. The van der Waals surface area contributed by atoms with Crippen LogP contribution in [0.25, 0.3) is 0 Å². The molecule has 1 fully saturated rings. The van der Waals surface area contributed by atoms with Gasteiger partial charge in [-0.1, -0.05) is 29.3 Å². The molecule has 0 aliphatic carbocycles. The van der Waals surface area contributed by atoms with E-state index in [0.717, 1.165) is 6.07 Å². The van der Waals surface area contributed by atoms with Crippen molar-refractivity contribution < 1.29 is 28.6 Å². The number of nitrogens with one attached hydrogen (secondary N) is 3. The van der Waals surface area contributed by atoms with Crippen molar-refractivity contribution in [2.45, 2.75) is 12.8 Å². The molecule has 10 nitrogen and oxygen atoms in total. The van der Waals surface area contributed by atoms with Crippen LogP contribution in [0.4, 0.5) is 15.9 Å². The van der Waals surface area contributed by atoms with Crippen LogP contribution in [0.3, 0.4) is 0 Å². The lowest BCUT2D eigenvalue weighted by molar-refractivity contribution is -0.143. The zero-order valence-electron chi connectivity index (χ0n) is 21.1. The minimum atomic E-state index is -0.885. The number of ether oxygens (including phenoxy) is 1. The van der Waals surface area contributed by atoms with Crippen molar-refractivity contribution >= 4 is 58.3 Å². The smallest absolute Gasteiger partial charge is 0.306 e. The summed E-state index contributed by atoms with van der Waals surface area (Å²) in [6, 6.07) is 9.47. The van der Waals surface area contributed by atoms with Gasteiger partial charge in [0, 0.05) is 35.9 Å². The average molecular weight is 588 g/mol. The van der Waals surface area contributed by atoms with Gasteiger partial charge in [-0.2, -0.15) is 0 Å². The molecule has 2 aromatic carbocycles. The van der Waals surface area contributed by atoms with Gasteiger partial charge >= 0.3 is 5.97 Å². The number of nitrogens with zero attached hydrogens (tertiary/aromatic N) is 2. The molecular formula is C27H24Cl2FN5O5. The number of amidine groups is 1. The summed E-state index contributed by atoms with van der Waals surface area (Å²) in [5.41, 5.74) is -0.190. The molecule has 208 valence electrons. The van der Waals surface area contributed by atoms with Gasteiger partial charge in [-0.15, -0.1) is 0 Å². The largest absolute Gasteiger partial charge is 0.494 e. The molecular weight excluding hydrogens is 564 g/mol. The van der Waals surface area contributed by atoms with Crippen LogP contribution in [-0.4, -0.2) is 58.8 Å². The quantitative estimate of drug-likeness (QED) is 0.220. The monoisotopic (exact) mass is 587 g/mol. The molecule has 3 aromatic rings. The maximum atomic E-state index is 15.1. The number of carboxylic acids is 1. The standard InChI is InChI=1S/C27H24Cl2FN5O5/c1-40-21-12-17(29)11-19(26(37)33-22-5-3-16(28)13-32-22)23(21)34-25(36)18-4-2-15(10-20(18)30)24(31)35-8-6-14(7-9-35)27(38)39/h2-5,10-14,31H,6-9H2,1H3,(H,34,36)(H,38,39)(H,32,33,37). The lowest BCUT2D eigenvalue weighted by Gasteiger charge is -2.32. The number of piperidine rings is 1. The third kappa shape index (κ3) is 6.49. The summed E-state index contributed by atoms with van der Waals surface area (Å²) in [6.07, 6.45) is 2.11. The zero-order valence-corrected chi connectivity index (χ0v) is 22.6. The molecule has 0 atom stereocenters. The number of halogens is 3. The number of benzene rings is 2. The number of rotatable bonds is 7. The number of amides is 2. The second-order valence-electron chi connectivity index (χ2n) is 8.94.